The van der Waals surface area contributed by atoms with Gasteiger partial charge in [0.15, 0.2) is 5.12 Å². The van der Waals surface area contributed by atoms with Crippen molar-refractivity contribution in [3.63, 3.8) is 0 Å². The molecule has 0 aliphatic rings. The molecule has 0 saturated heterocycles. The monoisotopic (exact) mass is 223 g/mol. The summed E-state index contributed by atoms with van der Waals surface area (Å²) in [5, 5.41) is 1.08. The van der Waals surface area contributed by atoms with E-state index in [1.54, 1.807) is 17.6 Å². The van der Waals surface area contributed by atoms with Crippen LogP contribution in [0.15, 0.2) is 24.3 Å². The Bertz CT molecular complexity index is 431. The van der Waals surface area contributed by atoms with Gasteiger partial charge in [0.1, 0.15) is 5.01 Å². The minimum absolute atomic E-state index is 0.170. The molecule has 0 fully saturated rings. The highest BCUT2D eigenvalue weighted by Crippen LogP contribution is 2.22. The van der Waals surface area contributed by atoms with E-state index in [1.165, 1.54) is 11.8 Å². The summed E-state index contributed by atoms with van der Waals surface area (Å²) in [6.45, 7) is 0. The molecular weight excluding hydrogens is 214 g/mol. The van der Waals surface area contributed by atoms with Crippen LogP contribution in [-0.2, 0) is 11.2 Å². The third-order valence-corrected chi connectivity index (χ3v) is 3.50. The number of nitrogens with zero attached hydrogens (tertiary/aromatic N) is 1. The normalized spacial score (nSPS) is 10.6. The number of hydrogen-bond acceptors (Lipinski definition) is 4. The first-order valence-electron chi connectivity index (χ1n) is 4.21. The molecule has 1 aromatic carbocycles. The van der Waals surface area contributed by atoms with Crippen molar-refractivity contribution in [2.45, 2.75) is 6.42 Å². The van der Waals surface area contributed by atoms with Gasteiger partial charge < -0.3 is 0 Å². The zero-order valence-electron chi connectivity index (χ0n) is 7.69. The maximum Gasteiger partial charge on any atom is 0.195 e. The SMILES string of the molecule is CSC(=O)Cc1nc2ccccc2s1. The van der Waals surface area contributed by atoms with E-state index in [9.17, 15) is 4.79 Å². The zero-order chi connectivity index (χ0) is 9.97. The molecule has 2 rings (SSSR count). The summed E-state index contributed by atoms with van der Waals surface area (Å²) in [7, 11) is 0. The van der Waals surface area contributed by atoms with Crippen molar-refractivity contribution in [3.05, 3.63) is 29.3 Å². The summed E-state index contributed by atoms with van der Waals surface area (Å²) in [5.74, 6) is 0. The lowest BCUT2D eigenvalue weighted by molar-refractivity contribution is -0.110. The molecule has 1 heterocycles. The quantitative estimate of drug-likeness (QED) is 0.784. The molecule has 2 aromatic rings. The molecule has 0 atom stereocenters. The highest BCUT2D eigenvalue weighted by Gasteiger charge is 2.07. The van der Waals surface area contributed by atoms with E-state index in [4.69, 9.17) is 0 Å². The molecule has 0 bridgehead atoms. The Labute approximate surface area is 90.4 Å². The minimum atomic E-state index is 0.170. The molecule has 0 amide bonds. The van der Waals surface area contributed by atoms with E-state index < -0.39 is 0 Å². The van der Waals surface area contributed by atoms with E-state index in [2.05, 4.69) is 4.98 Å². The molecule has 0 saturated carbocycles. The van der Waals surface area contributed by atoms with Crippen molar-refractivity contribution in [3.8, 4) is 0 Å². The van der Waals surface area contributed by atoms with Gasteiger partial charge in [-0.1, -0.05) is 23.9 Å². The van der Waals surface area contributed by atoms with Crippen molar-refractivity contribution < 1.29 is 4.79 Å². The van der Waals surface area contributed by atoms with E-state index in [0.717, 1.165) is 15.2 Å². The third-order valence-electron chi connectivity index (χ3n) is 1.86. The highest BCUT2D eigenvalue weighted by molar-refractivity contribution is 8.13. The topological polar surface area (TPSA) is 30.0 Å². The molecule has 1 aromatic heterocycles. The lowest BCUT2D eigenvalue weighted by atomic mass is 10.3. The number of fused-ring (bicyclic) bond motifs is 1. The van der Waals surface area contributed by atoms with Crippen LogP contribution in [0.4, 0.5) is 0 Å². The van der Waals surface area contributed by atoms with Crippen LogP contribution in [0.25, 0.3) is 10.2 Å². The fourth-order valence-electron chi connectivity index (χ4n) is 1.19. The van der Waals surface area contributed by atoms with Crippen molar-refractivity contribution in [2.24, 2.45) is 0 Å². The molecule has 72 valence electrons. The lowest BCUT2D eigenvalue weighted by Gasteiger charge is -1.89. The maximum atomic E-state index is 11.2. The molecule has 0 spiro atoms. The van der Waals surface area contributed by atoms with E-state index in [1.807, 2.05) is 24.3 Å². The first-order valence-corrected chi connectivity index (χ1v) is 6.25. The molecule has 0 radical (unpaired) electrons. The molecule has 0 unspecified atom stereocenters. The molecule has 0 N–H and O–H groups in total. The maximum absolute atomic E-state index is 11.2. The average Bonchev–Trinajstić information content (AvgIpc) is 2.59. The number of rotatable bonds is 2. The van der Waals surface area contributed by atoms with Gasteiger partial charge in [-0.2, -0.15) is 0 Å². The number of thiazole rings is 1. The molecular formula is C10H9NOS2. The first-order chi connectivity index (χ1) is 6.79. The van der Waals surface area contributed by atoms with Crippen molar-refractivity contribution >= 4 is 38.4 Å². The predicted molar refractivity (Wildman–Crippen MR) is 61.8 cm³/mol. The van der Waals surface area contributed by atoms with Gasteiger partial charge in [-0.3, -0.25) is 4.79 Å². The largest absolute Gasteiger partial charge is 0.287 e. The van der Waals surface area contributed by atoms with Crippen LogP contribution >= 0.6 is 23.1 Å². The molecule has 14 heavy (non-hydrogen) atoms. The summed E-state index contributed by atoms with van der Waals surface area (Å²) in [4.78, 5) is 15.6. The van der Waals surface area contributed by atoms with E-state index >= 15 is 0 Å². The second-order valence-corrected chi connectivity index (χ2v) is 4.81. The van der Waals surface area contributed by atoms with Crippen LogP contribution in [0, 0.1) is 0 Å². The number of thioether (sulfide) groups is 1. The summed E-state index contributed by atoms with van der Waals surface area (Å²) in [5.41, 5.74) is 0.987. The molecule has 2 nitrogen and oxygen atoms in total. The van der Waals surface area contributed by atoms with Gasteiger partial charge in [0.25, 0.3) is 0 Å². The van der Waals surface area contributed by atoms with Gasteiger partial charge >= 0.3 is 0 Å². The van der Waals surface area contributed by atoms with Crippen LogP contribution in [0.1, 0.15) is 5.01 Å². The number of carbonyl (C=O) groups excluding carboxylic acids is 1. The number of aromatic nitrogens is 1. The Kier molecular flexibility index (Phi) is 2.84. The summed E-state index contributed by atoms with van der Waals surface area (Å²) in [6, 6.07) is 7.95. The highest BCUT2D eigenvalue weighted by atomic mass is 32.2. The smallest absolute Gasteiger partial charge is 0.195 e. The van der Waals surface area contributed by atoms with Gasteiger partial charge in [0.2, 0.25) is 0 Å². The van der Waals surface area contributed by atoms with Crippen molar-refractivity contribution in [1.29, 1.82) is 0 Å². The second kappa shape index (κ2) is 4.11. The Hall–Kier alpha value is -0.870. The second-order valence-electron chi connectivity index (χ2n) is 2.83. The van der Waals surface area contributed by atoms with Crippen LogP contribution in [0.2, 0.25) is 0 Å². The van der Waals surface area contributed by atoms with E-state index in [0.29, 0.717) is 6.42 Å². The molecule has 0 aliphatic heterocycles. The summed E-state index contributed by atoms with van der Waals surface area (Å²) >= 11 is 2.85. The molecule has 0 aliphatic carbocycles. The van der Waals surface area contributed by atoms with E-state index in [-0.39, 0.29) is 5.12 Å². The summed E-state index contributed by atoms with van der Waals surface area (Å²) in [6.07, 6.45) is 2.25. The van der Waals surface area contributed by atoms with Crippen LogP contribution < -0.4 is 0 Å². The fourth-order valence-corrected chi connectivity index (χ4v) is 2.53. The number of carbonyl (C=O) groups is 1. The minimum Gasteiger partial charge on any atom is -0.287 e. The van der Waals surface area contributed by atoms with Crippen molar-refractivity contribution in [2.75, 3.05) is 6.26 Å². The van der Waals surface area contributed by atoms with Gasteiger partial charge in [-0.05, 0) is 18.4 Å². The first kappa shape index (κ1) is 9.68. The Morgan fingerprint density at radius 2 is 2.29 bits per heavy atom. The van der Waals surface area contributed by atoms with Crippen LogP contribution in [-0.4, -0.2) is 16.4 Å². The number of hydrogen-bond donors (Lipinski definition) is 0. The Morgan fingerprint density at radius 3 is 3.00 bits per heavy atom. The lowest BCUT2D eigenvalue weighted by Crippen LogP contribution is -1.94. The Morgan fingerprint density at radius 1 is 1.50 bits per heavy atom. The average molecular weight is 223 g/mol. The van der Waals surface area contributed by atoms with Gasteiger partial charge in [-0.15, -0.1) is 11.3 Å². The van der Waals surface area contributed by atoms with Gasteiger partial charge in [-0.25, -0.2) is 4.98 Å². The predicted octanol–water partition coefficient (Wildman–Crippen LogP) is 2.73. The standard InChI is InChI=1S/C10H9NOS2/c1-13-10(12)6-9-11-7-4-2-3-5-8(7)14-9/h2-5H,6H2,1H3. The third kappa shape index (κ3) is 1.96. The Balaban J connectivity index is 2.31. The molecule has 4 heteroatoms. The van der Waals surface area contributed by atoms with Crippen LogP contribution in [0.3, 0.4) is 0 Å². The van der Waals surface area contributed by atoms with Crippen LogP contribution in [0.5, 0.6) is 0 Å². The van der Waals surface area contributed by atoms with Gasteiger partial charge in [0, 0.05) is 0 Å². The zero-order valence-corrected chi connectivity index (χ0v) is 9.32. The number of benzene rings is 1. The van der Waals surface area contributed by atoms with Gasteiger partial charge in [0.05, 0.1) is 16.6 Å². The summed E-state index contributed by atoms with van der Waals surface area (Å²) < 4.78 is 1.15. The van der Waals surface area contributed by atoms with Crippen molar-refractivity contribution in [1.82, 2.24) is 4.98 Å². The fraction of sp³-hybridized carbons (Fsp3) is 0.200. The number of para-hydroxylation sites is 1.